The molecule has 0 unspecified atom stereocenters. The maximum absolute atomic E-state index is 14.4. The molecule has 4 rings (SSSR count). The van der Waals surface area contributed by atoms with Gasteiger partial charge in [0.1, 0.15) is 28.9 Å². The molecule has 7 nitrogen and oxygen atoms in total. The number of furan rings is 1. The average molecular weight is 594 g/mol. The maximum atomic E-state index is 14.4. The van der Waals surface area contributed by atoms with Crippen molar-refractivity contribution in [3.05, 3.63) is 47.5 Å². The lowest BCUT2D eigenvalue weighted by Crippen LogP contribution is -2.54. The standard InChI is InChI=1S/C31H39F4N3O4/c1-7-41-28(40)23(18-30(5,6)32)36-26(31(33,34)35)19-8-10-21-22-16-20(9-11-24(22)42-25(21)17-19)27(39)37-12-14-38(15-13-37)29(2,3)4/h8-11,16-17,23,26,36H,7,12-15,18H2,1-6H3/t23-,26-/m0/s1. The van der Waals surface area contributed by atoms with Gasteiger partial charge in [-0.15, -0.1) is 0 Å². The summed E-state index contributed by atoms with van der Waals surface area (Å²) >= 11 is 0. The summed E-state index contributed by atoms with van der Waals surface area (Å²) in [5.41, 5.74) is -1.00. The quantitative estimate of drug-likeness (QED) is 0.241. The number of esters is 1. The second kappa shape index (κ2) is 11.8. The molecule has 11 heteroatoms. The van der Waals surface area contributed by atoms with Gasteiger partial charge in [0.2, 0.25) is 0 Å². The van der Waals surface area contributed by atoms with Gasteiger partial charge in [-0.3, -0.25) is 19.8 Å². The molecule has 1 amide bonds. The third kappa shape index (κ3) is 7.23. The lowest BCUT2D eigenvalue weighted by molar-refractivity contribution is -0.165. The van der Waals surface area contributed by atoms with Crippen LogP contribution in [0.2, 0.25) is 0 Å². The van der Waals surface area contributed by atoms with Gasteiger partial charge in [-0.1, -0.05) is 12.1 Å². The number of fused-ring (bicyclic) bond motifs is 3. The van der Waals surface area contributed by atoms with Crippen molar-refractivity contribution in [2.75, 3.05) is 32.8 Å². The number of nitrogens with zero attached hydrogens (tertiary/aromatic N) is 2. The van der Waals surface area contributed by atoms with Crippen molar-refractivity contribution in [2.45, 2.75) is 77.4 Å². The molecule has 1 aromatic heterocycles. The highest BCUT2D eigenvalue weighted by atomic mass is 19.4. The largest absolute Gasteiger partial charge is 0.465 e. The molecule has 2 aromatic carbocycles. The van der Waals surface area contributed by atoms with Crippen LogP contribution in [0.15, 0.2) is 40.8 Å². The molecular formula is C31H39F4N3O4. The van der Waals surface area contributed by atoms with Crippen molar-refractivity contribution >= 4 is 33.8 Å². The van der Waals surface area contributed by atoms with E-state index in [0.29, 0.717) is 35.0 Å². The summed E-state index contributed by atoms with van der Waals surface area (Å²) < 4.78 is 68.0. The number of alkyl halides is 4. The molecule has 42 heavy (non-hydrogen) atoms. The fourth-order valence-electron chi connectivity index (χ4n) is 5.39. The number of halogens is 4. The van der Waals surface area contributed by atoms with E-state index in [0.717, 1.165) is 13.1 Å². The number of amides is 1. The molecule has 2 heterocycles. The summed E-state index contributed by atoms with van der Waals surface area (Å²) in [5, 5.41) is 3.44. The molecule has 1 aliphatic rings. The number of hydrogen-bond acceptors (Lipinski definition) is 6. The Morgan fingerprint density at radius 1 is 0.929 bits per heavy atom. The van der Waals surface area contributed by atoms with Gasteiger partial charge in [-0.2, -0.15) is 13.2 Å². The summed E-state index contributed by atoms with van der Waals surface area (Å²) in [4.78, 5) is 29.9. The first-order valence-corrected chi connectivity index (χ1v) is 14.2. The Morgan fingerprint density at radius 2 is 1.60 bits per heavy atom. The zero-order valence-electron chi connectivity index (χ0n) is 24.9. The first-order chi connectivity index (χ1) is 19.5. The van der Waals surface area contributed by atoms with Crippen LogP contribution in [0.25, 0.3) is 21.9 Å². The lowest BCUT2D eigenvalue weighted by atomic mass is 9.97. The van der Waals surface area contributed by atoms with E-state index in [4.69, 9.17) is 9.15 Å². The van der Waals surface area contributed by atoms with Crippen molar-refractivity contribution < 1.29 is 36.3 Å². The maximum Gasteiger partial charge on any atom is 0.407 e. The van der Waals surface area contributed by atoms with Crippen LogP contribution in [0.1, 0.15) is 69.9 Å². The van der Waals surface area contributed by atoms with Crippen LogP contribution in [0.5, 0.6) is 0 Å². The van der Waals surface area contributed by atoms with E-state index in [1.165, 1.54) is 39.0 Å². The first kappa shape index (κ1) is 31.7. The van der Waals surface area contributed by atoms with E-state index in [2.05, 4.69) is 31.0 Å². The number of nitrogens with one attached hydrogen (secondary N) is 1. The number of hydrogen-bond donors (Lipinski definition) is 1. The van der Waals surface area contributed by atoms with Crippen LogP contribution in [0.3, 0.4) is 0 Å². The molecule has 230 valence electrons. The Balaban J connectivity index is 1.62. The second-order valence-electron chi connectivity index (χ2n) is 12.4. The number of rotatable bonds is 8. The van der Waals surface area contributed by atoms with Crippen LogP contribution in [0, 0.1) is 0 Å². The number of carbonyl (C=O) groups is 2. The molecule has 2 atom stereocenters. The smallest absolute Gasteiger partial charge is 0.407 e. The molecule has 0 aliphatic carbocycles. The predicted octanol–water partition coefficient (Wildman–Crippen LogP) is 6.41. The molecule has 1 N–H and O–H groups in total. The van der Waals surface area contributed by atoms with E-state index in [-0.39, 0.29) is 29.2 Å². The number of carbonyl (C=O) groups excluding carboxylic acids is 2. The molecule has 0 spiro atoms. The minimum absolute atomic E-state index is 0.0207. The highest BCUT2D eigenvalue weighted by Gasteiger charge is 2.44. The van der Waals surface area contributed by atoms with Crippen LogP contribution in [-0.4, -0.2) is 77.9 Å². The van der Waals surface area contributed by atoms with E-state index < -0.39 is 36.3 Å². The molecule has 0 bridgehead atoms. The lowest BCUT2D eigenvalue weighted by Gasteiger charge is -2.42. The molecule has 1 fully saturated rings. The van der Waals surface area contributed by atoms with E-state index in [9.17, 15) is 27.2 Å². The third-order valence-electron chi connectivity index (χ3n) is 7.55. The van der Waals surface area contributed by atoms with Gasteiger partial charge in [-0.25, -0.2) is 4.39 Å². The Labute approximate surface area is 243 Å². The van der Waals surface area contributed by atoms with Crippen LogP contribution < -0.4 is 5.32 Å². The van der Waals surface area contributed by atoms with Gasteiger partial charge in [0, 0.05) is 54.5 Å². The summed E-state index contributed by atoms with van der Waals surface area (Å²) in [6.07, 6.45) is -5.31. The Morgan fingerprint density at radius 3 is 2.17 bits per heavy atom. The van der Waals surface area contributed by atoms with Gasteiger partial charge < -0.3 is 14.1 Å². The minimum atomic E-state index is -4.80. The average Bonchev–Trinajstić information content (AvgIpc) is 3.26. The van der Waals surface area contributed by atoms with E-state index in [1.807, 2.05) is 4.90 Å². The Kier molecular flexibility index (Phi) is 8.95. The fraction of sp³-hybridized carbons (Fsp3) is 0.548. The minimum Gasteiger partial charge on any atom is -0.465 e. The third-order valence-corrected chi connectivity index (χ3v) is 7.55. The zero-order chi connectivity index (χ0) is 31.0. The SMILES string of the molecule is CCOC(=O)[C@H](CC(C)(C)F)N[C@@H](c1ccc2c(c1)oc1ccc(C(=O)N3CCN(C(C)(C)C)CC3)cc12)C(F)(F)F. The van der Waals surface area contributed by atoms with Gasteiger partial charge in [0.15, 0.2) is 0 Å². The summed E-state index contributed by atoms with van der Waals surface area (Å²) in [6, 6.07) is 5.27. The van der Waals surface area contributed by atoms with Crippen molar-refractivity contribution in [3.63, 3.8) is 0 Å². The zero-order valence-corrected chi connectivity index (χ0v) is 24.9. The van der Waals surface area contributed by atoms with E-state index in [1.54, 1.807) is 18.2 Å². The molecule has 1 saturated heterocycles. The molecule has 1 aliphatic heterocycles. The van der Waals surface area contributed by atoms with Gasteiger partial charge >= 0.3 is 12.1 Å². The van der Waals surface area contributed by atoms with Crippen molar-refractivity contribution in [1.82, 2.24) is 15.1 Å². The summed E-state index contributed by atoms with van der Waals surface area (Å²) in [5.74, 6) is -1.07. The first-order valence-electron chi connectivity index (χ1n) is 14.2. The van der Waals surface area contributed by atoms with Gasteiger partial charge in [0.25, 0.3) is 5.91 Å². The van der Waals surface area contributed by atoms with Crippen molar-refractivity contribution in [3.8, 4) is 0 Å². The number of piperazine rings is 1. The van der Waals surface area contributed by atoms with Crippen molar-refractivity contribution in [1.29, 1.82) is 0 Å². The van der Waals surface area contributed by atoms with Crippen LogP contribution >= 0.6 is 0 Å². The highest BCUT2D eigenvalue weighted by Crippen LogP contribution is 2.38. The molecular weight excluding hydrogens is 554 g/mol. The number of benzene rings is 2. The topological polar surface area (TPSA) is 75.0 Å². The predicted molar refractivity (Wildman–Crippen MR) is 153 cm³/mol. The van der Waals surface area contributed by atoms with Crippen LogP contribution in [0.4, 0.5) is 17.6 Å². The highest BCUT2D eigenvalue weighted by molar-refractivity contribution is 6.08. The number of ether oxygens (including phenoxy) is 1. The summed E-state index contributed by atoms with van der Waals surface area (Å²) in [7, 11) is 0. The molecule has 0 radical (unpaired) electrons. The van der Waals surface area contributed by atoms with E-state index >= 15 is 0 Å². The molecule has 3 aromatic rings. The monoisotopic (exact) mass is 593 g/mol. The Hall–Kier alpha value is -3.18. The van der Waals surface area contributed by atoms with Gasteiger partial charge in [0.05, 0.1) is 6.61 Å². The fourth-order valence-corrected chi connectivity index (χ4v) is 5.39. The molecule has 0 saturated carbocycles. The van der Waals surface area contributed by atoms with Crippen molar-refractivity contribution in [2.24, 2.45) is 0 Å². The Bertz CT molecular complexity index is 1430. The van der Waals surface area contributed by atoms with Crippen LogP contribution in [-0.2, 0) is 9.53 Å². The second-order valence-corrected chi connectivity index (χ2v) is 12.4. The van der Waals surface area contributed by atoms with Gasteiger partial charge in [-0.05, 0) is 71.4 Å². The normalized spacial score (nSPS) is 17.0. The summed E-state index contributed by atoms with van der Waals surface area (Å²) in [6.45, 7) is 13.0.